The molecule has 0 aromatic heterocycles. The van der Waals surface area contributed by atoms with E-state index in [-0.39, 0.29) is 0 Å². The van der Waals surface area contributed by atoms with Gasteiger partial charge in [0.15, 0.2) is 9.84 Å². The minimum absolute atomic E-state index is 0.441. The maximum absolute atomic E-state index is 11.4. The second-order valence-corrected chi connectivity index (χ2v) is 7.05. The van der Waals surface area contributed by atoms with Crippen molar-refractivity contribution in [2.75, 3.05) is 32.6 Å². The van der Waals surface area contributed by atoms with E-state index in [0.29, 0.717) is 26.3 Å². The molecule has 0 aromatic carbocycles. The van der Waals surface area contributed by atoms with Gasteiger partial charge in [0.05, 0.1) is 18.0 Å². The van der Waals surface area contributed by atoms with E-state index in [0.717, 1.165) is 6.42 Å². The lowest BCUT2D eigenvalue weighted by Crippen LogP contribution is -2.42. The van der Waals surface area contributed by atoms with Gasteiger partial charge in [-0.05, 0) is 20.3 Å². The largest absolute Gasteiger partial charge is 0.380 e. The van der Waals surface area contributed by atoms with Gasteiger partial charge in [-0.1, -0.05) is 6.08 Å². The van der Waals surface area contributed by atoms with Crippen LogP contribution in [-0.4, -0.2) is 45.7 Å². The van der Waals surface area contributed by atoms with Crippen molar-refractivity contribution in [3.8, 4) is 0 Å². The molecule has 4 nitrogen and oxygen atoms in total. The van der Waals surface area contributed by atoms with Crippen molar-refractivity contribution >= 4 is 9.84 Å². The molecule has 0 aliphatic carbocycles. The summed E-state index contributed by atoms with van der Waals surface area (Å²) in [6, 6.07) is 0. The van der Waals surface area contributed by atoms with Crippen molar-refractivity contribution in [1.29, 1.82) is 0 Å². The number of rotatable bonds is 9. The Morgan fingerprint density at radius 2 is 2.00 bits per heavy atom. The third-order valence-electron chi connectivity index (χ3n) is 2.44. The molecule has 0 aromatic rings. The minimum atomic E-state index is -3.02. The second-order valence-electron chi connectivity index (χ2n) is 4.40. The monoisotopic (exact) mass is 249 g/mol. The Hall–Kier alpha value is -0.390. The highest BCUT2D eigenvalue weighted by Crippen LogP contribution is 2.12. The summed E-state index contributed by atoms with van der Waals surface area (Å²) < 4.78 is 27.3. The number of nitrogens with one attached hydrogen (secondary N) is 1. The quantitative estimate of drug-likeness (QED) is 0.489. The Labute approximate surface area is 99.0 Å². The molecule has 16 heavy (non-hydrogen) atoms. The standard InChI is InChI=1S/C11H23NO3S/c1-5-6-8-15-9-7-12-10-11(2,3)16(4,13)14/h5,12H,1,6-10H2,2-4H3. The Morgan fingerprint density at radius 1 is 1.38 bits per heavy atom. The topological polar surface area (TPSA) is 55.4 Å². The summed E-state index contributed by atoms with van der Waals surface area (Å²) in [7, 11) is -3.02. The highest BCUT2D eigenvalue weighted by atomic mass is 32.2. The molecule has 5 heteroatoms. The van der Waals surface area contributed by atoms with Crippen LogP contribution < -0.4 is 5.32 Å². The fourth-order valence-corrected chi connectivity index (χ4v) is 1.30. The van der Waals surface area contributed by atoms with E-state index in [1.165, 1.54) is 6.26 Å². The van der Waals surface area contributed by atoms with Gasteiger partial charge < -0.3 is 10.1 Å². The third kappa shape index (κ3) is 6.25. The van der Waals surface area contributed by atoms with Crippen molar-refractivity contribution in [3.63, 3.8) is 0 Å². The van der Waals surface area contributed by atoms with E-state index in [1.807, 2.05) is 0 Å². The van der Waals surface area contributed by atoms with E-state index in [1.54, 1.807) is 19.9 Å². The van der Waals surface area contributed by atoms with E-state index < -0.39 is 14.6 Å². The zero-order valence-electron chi connectivity index (χ0n) is 10.5. The molecule has 0 saturated heterocycles. The molecule has 0 unspecified atom stereocenters. The molecule has 0 amide bonds. The number of sulfone groups is 1. The first-order valence-corrected chi connectivity index (χ1v) is 7.29. The first-order valence-electron chi connectivity index (χ1n) is 5.40. The van der Waals surface area contributed by atoms with E-state index in [4.69, 9.17) is 4.74 Å². The lowest BCUT2D eigenvalue weighted by atomic mass is 10.2. The van der Waals surface area contributed by atoms with E-state index in [2.05, 4.69) is 11.9 Å². The molecular weight excluding hydrogens is 226 g/mol. The number of ether oxygens (including phenoxy) is 1. The Balaban J connectivity index is 3.63. The number of hydrogen-bond donors (Lipinski definition) is 1. The van der Waals surface area contributed by atoms with Gasteiger partial charge in [-0.2, -0.15) is 0 Å². The molecule has 0 aliphatic rings. The van der Waals surface area contributed by atoms with Crippen molar-refractivity contribution in [2.45, 2.75) is 25.0 Å². The van der Waals surface area contributed by atoms with Crippen LogP contribution in [0.4, 0.5) is 0 Å². The van der Waals surface area contributed by atoms with Crippen molar-refractivity contribution in [3.05, 3.63) is 12.7 Å². The molecule has 0 fully saturated rings. The first kappa shape index (κ1) is 15.6. The fraction of sp³-hybridized carbons (Fsp3) is 0.818. The first-order chi connectivity index (χ1) is 7.31. The molecule has 0 rings (SSSR count). The van der Waals surface area contributed by atoms with Crippen LogP contribution in [0.15, 0.2) is 12.7 Å². The predicted molar refractivity (Wildman–Crippen MR) is 67.4 cm³/mol. The van der Waals surface area contributed by atoms with Crippen LogP contribution in [0.3, 0.4) is 0 Å². The lowest BCUT2D eigenvalue weighted by molar-refractivity contribution is 0.140. The summed E-state index contributed by atoms with van der Waals surface area (Å²) >= 11 is 0. The van der Waals surface area contributed by atoms with Crippen LogP contribution >= 0.6 is 0 Å². The van der Waals surface area contributed by atoms with Crippen LogP contribution in [0.1, 0.15) is 20.3 Å². The maximum atomic E-state index is 11.4. The van der Waals surface area contributed by atoms with Gasteiger partial charge in [0.1, 0.15) is 0 Å². The summed E-state index contributed by atoms with van der Waals surface area (Å²) in [5.41, 5.74) is 0. The molecule has 0 bridgehead atoms. The Kier molecular flexibility index (Phi) is 6.87. The maximum Gasteiger partial charge on any atom is 0.153 e. The predicted octanol–water partition coefficient (Wildman–Crippen LogP) is 0.992. The number of hydrogen-bond acceptors (Lipinski definition) is 4. The van der Waals surface area contributed by atoms with Gasteiger partial charge in [-0.25, -0.2) is 8.42 Å². The van der Waals surface area contributed by atoms with Crippen molar-refractivity contribution in [2.24, 2.45) is 0 Å². The van der Waals surface area contributed by atoms with E-state index in [9.17, 15) is 8.42 Å². The molecule has 0 aliphatic heterocycles. The summed E-state index contributed by atoms with van der Waals surface area (Å²) in [5.74, 6) is 0. The summed E-state index contributed by atoms with van der Waals surface area (Å²) in [4.78, 5) is 0. The molecule has 0 atom stereocenters. The SMILES string of the molecule is C=CCCOCCNCC(C)(C)S(C)(=O)=O. The highest BCUT2D eigenvalue weighted by molar-refractivity contribution is 7.92. The van der Waals surface area contributed by atoms with Crippen LogP contribution in [0.5, 0.6) is 0 Å². The van der Waals surface area contributed by atoms with Gasteiger partial charge in [-0.3, -0.25) is 0 Å². The normalized spacial score (nSPS) is 12.7. The van der Waals surface area contributed by atoms with Crippen molar-refractivity contribution < 1.29 is 13.2 Å². The summed E-state index contributed by atoms with van der Waals surface area (Å²) in [6.45, 7) is 9.39. The molecular formula is C11H23NO3S. The molecule has 0 saturated carbocycles. The summed E-state index contributed by atoms with van der Waals surface area (Å²) in [6.07, 6.45) is 3.91. The smallest absolute Gasteiger partial charge is 0.153 e. The van der Waals surface area contributed by atoms with Crippen LogP contribution in [0, 0.1) is 0 Å². The average Bonchev–Trinajstić information content (AvgIpc) is 2.14. The molecule has 1 N–H and O–H groups in total. The molecule has 96 valence electrons. The van der Waals surface area contributed by atoms with Gasteiger partial charge in [0.2, 0.25) is 0 Å². The minimum Gasteiger partial charge on any atom is -0.380 e. The van der Waals surface area contributed by atoms with Crippen LogP contribution in [-0.2, 0) is 14.6 Å². The zero-order chi connectivity index (χ0) is 12.7. The van der Waals surface area contributed by atoms with Gasteiger partial charge >= 0.3 is 0 Å². The lowest BCUT2D eigenvalue weighted by Gasteiger charge is -2.22. The third-order valence-corrected chi connectivity index (χ3v) is 4.60. The van der Waals surface area contributed by atoms with Gasteiger partial charge in [-0.15, -0.1) is 6.58 Å². The van der Waals surface area contributed by atoms with Crippen LogP contribution in [0.2, 0.25) is 0 Å². The van der Waals surface area contributed by atoms with E-state index >= 15 is 0 Å². The fourth-order valence-electron chi connectivity index (χ4n) is 0.934. The average molecular weight is 249 g/mol. The van der Waals surface area contributed by atoms with Crippen molar-refractivity contribution in [1.82, 2.24) is 5.32 Å². The van der Waals surface area contributed by atoms with Gasteiger partial charge in [0.25, 0.3) is 0 Å². The highest BCUT2D eigenvalue weighted by Gasteiger charge is 2.29. The van der Waals surface area contributed by atoms with Crippen LogP contribution in [0.25, 0.3) is 0 Å². The Bertz CT molecular complexity index is 296. The zero-order valence-corrected chi connectivity index (χ0v) is 11.3. The second kappa shape index (κ2) is 7.04. The molecule has 0 radical (unpaired) electrons. The molecule has 0 spiro atoms. The Morgan fingerprint density at radius 3 is 2.50 bits per heavy atom. The summed E-state index contributed by atoms with van der Waals surface area (Å²) in [5, 5.41) is 3.08. The molecule has 0 heterocycles. The van der Waals surface area contributed by atoms with Gasteiger partial charge in [0, 0.05) is 19.3 Å².